The molecule has 0 aliphatic heterocycles. The Bertz CT molecular complexity index is 570. The maximum Gasteiger partial charge on any atom is 0.191 e. The van der Waals surface area contributed by atoms with E-state index in [1.54, 1.807) is 11.3 Å². The highest BCUT2D eigenvalue weighted by atomic mass is 79.9. The zero-order valence-electron chi connectivity index (χ0n) is 12.5. The van der Waals surface area contributed by atoms with Crippen molar-refractivity contribution >= 4 is 43.1 Å². The molecule has 0 bridgehead atoms. The van der Waals surface area contributed by atoms with Crippen LogP contribution in [0.5, 0.6) is 0 Å². The minimum atomic E-state index is -2.92. The summed E-state index contributed by atoms with van der Waals surface area (Å²) >= 11 is 5.09. The van der Waals surface area contributed by atoms with Gasteiger partial charge < -0.3 is 10.6 Å². The predicted molar refractivity (Wildman–Crippen MR) is 93.8 cm³/mol. The number of sulfone groups is 1. The Morgan fingerprint density at radius 2 is 2.19 bits per heavy atom. The summed E-state index contributed by atoms with van der Waals surface area (Å²) in [7, 11) is -2.92. The molecule has 1 aromatic rings. The summed E-state index contributed by atoms with van der Waals surface area (Å²) in [5.41, 5.74) is 0. The molecule has 0 amide bonds. The van der Waals surface area contributed by atoms with Gasteiger partial charge in [-0.1, -0.05) is 0 Å². The number of thiophene rings is 1. The monoisotopic (exact) mass is 395 g/mol. The van der Waals surface area contributed by atoms with Crippen LogP contribution in [0.2, 0.25) is 0 Å². The molecule has 0 aromatic carbocycles. The van der Waals surface area contributed by atoms with Crippen molar-refractivity contribution in [2.24, 2.45) is 4.99 Å². The molecule has 1 rings (SSSR count). The van der Waals surface area contributed by atoms with Gasteiger partial charge in [0.2, 0.25) is 0 Å². The van der Waals surface area contributed by atoms with Crippen molar-refractivity contribution in [3.63, 3.8) is 0 Å². The number of nitrogens with one attached hydrogen (secondary N) is 2. The third kappa shape index (κ3) is 8.43. The first-order valence-electron chi connectivity index (χ1n) is 6.77. The van der Waals surface area contributed by atoms with Crippen LogP contribution in [-0.2, 0) is 16.4 Å². The summed E-state index contributed by atoms with van der Waals surface area (Å²) in [5.74, 6) is 0.890. The third-order valence-corrected chi connectivity index (χ3v) is 5.26. The average molecular weight is 396 g/mol. The highest BCUT2D eigenvalue weighted by Gasteiger charge is 2.09. The molecule has 0 radical (unpaired) electrons. The van der Waals surface area contributed by atoms with Crippen LogP contribution >= 0.6 is 27.3 Å². The molecule has 120 valence electrons. The zero-order chi connectivity index (χ0) is 15.9. The van der Waals surface area contributed by atoms with E-state index < -0.39 is 9.84 Å². The average Bonchev–Trinajstić information content (AvgIpc) is 2.79. The molecule has 2 N–H and O–H groups in total. The Kier molecular flexibility index (Phi) is 7.69. The number of guanidine groups is 1. The van der Waals surface area contributed by atoms with Crippen molar-refractivity contribution < 1.29 is 8.42 Å². The molecule has 1 atom stereocenters. The highest BCUT2D eigenvalue weighted by Crippen LogP contribution is 2.22. The van der Waals surface area contributed by atoms with Crippen molar-refractivity contribution in [3.05, 3.63) is 20.8 Å². The molecular formula is C13H22BrN3O2S2. The molecule has 1 unspecified atom stereocenters. The van der Waals surface area contributed by atoms with Crippen molar-refractivity contribution in [3.8, 4) is 0 Å². The van der Waals surface area contributed by atoms with Gasteiger partial charge in [0.15, 0.2) is 5.96 Å². The first-order chi connectivity index (χ1) is 9.80. The second-order valence-electron chi connectivity index (χ2n) is 4.86. The van der Waals surface area contributed by atoms with E-state index in [9.17, 15) is 8.42 Å². The summed E-state index contributed by atoms with van der Waals surface area (Å²) in [5, 5.41) is 6.40. The SMILES string of the molecule is CCNC(=NCc1ccc(Br)s1)NC(C)CCS(C)(=O)=O. The minimum Gasteiger partial charge on any atom is -0.357 e. The van der Waals surface area contributed by atoms with Crippen LogP contribution in [0.1, 0.15) is 25.1 Å². The first kappa shape index (κ1) is 18.4. The Morgan fingerprint density at radius 1 is 1.48 bits per heavy atom. The number of hydrogen-bond donors (Lipinski definition) is 2. The first-order valence-corrected chi connectivity index (χ1v) is 10.4. The van der Waals surface area contributed by atoms with Gasteiger partial charge in [-0.05, 0) is 48.3 Å². The Morgan fingerprint density at radius 3 is 2.71 bits per heavy atom. The number of halogens is 1. The van der Waals surface area contributed by atoms with Crippen LogP contribution < -0.4 is 10.6 Å². The lowest BCUT2D eigenvalue weighted by molar-refractivity contribution is 0.581. The van der Waals surface area contributed by atoms with Gasteiger partial charge in [-0.2, -0.15) is 0 Å². The summed E-state index contributed by atoms with van der Waals surface area (Å²) < 4.78 is 23.5. The zero-order valence-corrected chi connectivity index (χ0v) is 15.7. The Balaban J connectivity index is 2.55. The predicted octanol–water partition coefficient (Wildman–Crippen LogP) is 2.39. The van der Waals surface area contributed by atoms with Crippen molar-refractivity contribution in [2.45, 2.75) is 32.9 Å². The summed E-state index contributed by atoms with van der Waals surface area (Å²) in [4.78, 5) is 5.69. The summed E-state index contributed by atoms with van der Waals surface area (Å²) in [6, 6.07) is 4.09. The summed E-state index contributed by atoms with van der Waals surface area (Å²) in [6.45, 7) is 5.32. The lowest BCUT2D eigenvalue weighted by Crippen LogP contribution is -2.42. The van der Waals surface area contributed by atoms with Gasteiger partial charge in [0.1, 0.15) is 9.84 Å². The van der Waals surface area contributed by atoms with E-state index in [-0.39, 0.29) is 11.8 Å². The van der Waals surface area contributed by atoms with Gasteiger partial charge in [0.05, 0.1) is 16.1 Å². The van der Waals surface area contributed by atoms with Crippen molar-refractivity contribution in [1.29, 1.82) is 0 Å². The normalized spacial score (nSPS) is 14.0. The van der Waals surface area contributed by atoms with Crippen LogP contribution in [0.25, 0.3) is 0 Å². The van der Waals surface area contributed by atoms with Crippen molar-refractivity contribution in [2.75, 3.05) is 18.6 Å². The second-order valence-corrected chi connectivity index (χ2v) is 9.67. The van der Waals surface area contributed by atoms with Crippen LogP contribution in [0.3, 0.4) is 0 Å². The van der Waals surface area contributed by atoms with Crippen LogP contribution in [0, 0.1) is 0 Å². The molecule has 0 fully saturated rings. The molecule has 0 spiro atoms. The molecule has 0 aliphatic rings. The lowest BCUT2D eigenvalue weighted by atomic mass is 10.3. The maximum atomic E-state index is 11.2. The highest BCUT2D eigenvalue weighted by molar-refractivity contribution is 9.11. The third-order valence-electron chi connectivity index (χ3n) is 2.67. The van der Waals surface area contributed by atoms with E-state index in [1.165, 1.54) is 11.1 Å². The van der Waals surface area contributed by atoms with Crippen LogP contribution in [0.4, 0.5) is 0 Å². The quantitative estimate of drug-likeness (QED) is 0.549. The molecule has 1 aromatic heterocycles. The fourth-order valence-electron chi connectivity index (χ4n) is 1.61. The number of rotatable bonds is 7. The van der Waals surface area contributed by atoms with Gasteiger partial charge in [0.25, 0.3) is 0 Å². The maximum absolute atomic E-state index is 11.2. The van der Waals surface area contributed by atoms with Gasteiger partial charge in [-0.25, -0.2) is 13.4 Å². The van der Waals surface area contributed by atoms with E-state index in [1.807, 2.05) is 26.0 Å². The van der Waals surface area contributed by atoms with E-state index in [2.05, 4.69) is 31.6 Å². The van der Waals surface area contributed by atoms with Gasteiger partial charge in [-0.15, -0.1) is 11.3 Å². The Hall–Kier alpha value is -0.600. The van der Waals surface area contributed by atoms with Crippen molar-refractivity contribution in [1.82, 2.24) is 10.6 Å². The van der Waals surface area contributed by atoms with Crippen LogP contribution in [-0.4, -0.2) is 39.0 Å². The van der Waals surface area contributed by atoms with Crippen LogP contribution in [0.15, 0.2) is 20.9 Å². The molecule has 1 heterocycles. The molecule has 5 nitrogen and oxygen atoms in total. The molecule has 0 saturated carbocycles. The molecule has 0 saturated heterocycles. The standard InChI is InChI=1S/C13H22BrN3O2S2/c1-4-15-13(16-9-11-5-6-12(14)20-11)17-10(2)7-8-21(3,18)19/h5-6,10H,4,7-9H2,1-3H3,(H2,15,16,17). The molecular weight excluding hydrogens is 374 g/mol. The van der Waals surface area contributed by atoms with E-state index in [0.717, 1.165) is 10.3 Å². The summed E-state index contributed by atoms with van der Waals surface area (Å²) in [6.07, 6.45) is 1.82. The number of aliphatic imine (C=N–C) groups is 1. The van der Waals surface area contributed by atoms with E-state index >= 15 is 0 Å². The lowest BCUT2D eigenvalue weighted by Gasteiger charge is -2.17. The van der Waals surface area contributed by atoms with Gasteiger partial charge in [-0.3, -0.25) is 0 Å². The number of hydrogen-bond acceptors (Lipinski definition) is 4. The van der Waals surface area contributed by atoms with Gasteiger partial charge >= 0.3 is 0 Å². The minimum absolute atomic E-state index is 0.0487. The fraction of sp³-hybridized carbons (Fsp3) is 0.615. The van der Waals surface area contributed by atoms with E-state index in [4.69, 9.17) is 0 Å². The Labute approximate surface area is 139 Å². The molecule has 21 heavy (non-hydrogen) atoms. The molecule has 0 aliphatic carbocycles. The topological polar surface area (TPSA) is 70.6 Å². The second kappa shape index (κ2) is 8.75. The largest absolute Gasteiger partial charge is 0.357 e. The van der Waals surface area contributed by atoms with Gasteiger partial charge in [0, 0.05) is 23.7 Å². The van der Waals surface area contributed by atoms with E-state index in [0.29, 0.717) is 18.9 Å². The molecule has 8 heteroatoms. The smallest absolute Gasteiger partial charge is 0.191 e. The fourth-order valence-corrected chi connectivity index (χ4v) is 3.80. The number of nitrogens with zero attached hydrogens (tertiary/aromatic N) is 1.